The Labute approximate surface area is 147 Å². The molecule has 3 nitrogen and oxygen atoms in total. The zero-order chi connectivity index (χ0) is 17.1. The summed E-state index contributed by atoms with van der Waals surface area (Å²) in [6, 6.07) is 17.3. The van der Waals surface area contributed by atoms with Gasteiger partial charge in [0.2, 0.25) is 0 Å². The summed E-state index contributed by atoms with van der Waals surface area (Å²) in [4.78, 5) is 7.06. The van der Waals surface area contributed by atoms with Crippen LogP contribution in [0.5, 0.6) is 0 Å². The second kappa shape index (κ2) is 7.30. The summed E-state index contributed by atoms with van der Waals surface area (Å²) in [5, 5.41) is 4.56. The van der Waals surface area contributed by atoms with Crippen LogP contribution in [-0.4, -0.2) is 36.1 Å². The van der Waals surface area contributed by atoms with Gasteiger partial charge in [-0.3, -0.25) is 9.88 Å². The molecule has 25 heavy (non-hydrogen) atoms. The van der Waals surface area contributed by atoms with Crippen molar-refractivity contribution in [3.05, 3.63) is 77.7 Å². The molecular weight excluding hydrogens is 313 g/mol. The van der Waals surface area contributed by atoms with Crippen molar-refractivity contribution in [3.63, 3.8) is 0 Å². The first kappa shape index (κ1) is 16.2. The molecule has 3 aromatic rings. The van der Waals surface area contributed by atoms with Crippen LogP contribution in [0.3, 0.4) is 0 Å². The predicted molar refractivity (Wildman–Crippen MR) is 99.0 cm³/mol. The molecule has 0 aliphatic carbocycles. The van der Waals surface area contributed by atoms with Gasteiger partial charge in [-0.2, -0.15) is 0 Å². The highest BCUT2D eigenvalue weighted by Crippen LogP contribution is 2.30. The minimum Gasteiger partial charge on any atom is -0.315 e. The van der Waals surface area contributed by atoms with Crippen LogP contribution < -0.4 is 5.32 Å². The molecule has 128 valence electrons. The van der Waals surface area contributed by atoms with Gasteiger partial charge in [-0.05, 0) is 48.4 Å². The highest BCUT2D eigenvalue weighted by molar-refractivity contribution is 5.79. The summed E-state index contributed by atoms with van der Waals surface area (Å²) in [7, 11) is 0. The van der Waals surface area contributed by atoms with Gasteiger partial charge in [-0.25, -0.2) is 4.39 Å². The largest absolute Gasteiger partial charge is 0.315 e. The lowest BCUT2D eigenvalue weighted by atomic mass is 9.96. The maximum atomic E-state index is 13.9. The molecule has 1 saturated heterocycles. The van der Waals surface area contributed by atoms with Gasteiger partial charge >= 0.3 is 0 Å². The van der Waals surface area contributed by atoms with Crippen molar-refractivity contribution in [2.75, 3.05) is 26.2 Å². The van der Waals surface area contributed by atoms with Crippen LogP contribution in [-0.2, 0) is 0 Å². The smallest absolute Gasteiger partial charge is 0.123 e. The fourth-order valence-corrected chi connectivity index (χ4v) is 3.65. The summed E-state index contributed by atoms with van der Waals surface area (Å²) >= 11 is 0. The third kappa shape index (κ3) is 3.55. The molecule has 1 fully saturated rings. The van der Waals surface area contributed by atoms with Crippen LogP contribution in [0.25, 0.3) is 10.9 Å². The van der Waals surface area contributed by atoms with Crippen LogP contribution in [0, 0.1) is 5.82 Å². The molecule has 1 N–H and O–H groups in total. The second-order valence-corrected chi connectivity index (χ2v) is 6.56. The van der Waals surface area contributed by atoms with Crippen molar-refractivity contribution in [1.29, 1.82) is 0 Å². The number of para-hydroxylation sites is 1. The summed E-state index contributed by atoms with van der Waals surface area (Å²) in [6.45, 7) is 3.91. The van der Waals surface area contributed by atoms with Gasteiger partial charge in [0.15, 0.2) is 0 Å². The Balaban J connectivity index is 1.80. The van der Waals surface area contributed by atoms with E-state index in [1.165, 1.54) is 6.07 Å². The summed E-state index contributed by atoms with van der Waals surface area (Å²) in [6.07, 6.45) is 3.03. The number of hydrogen-bond donors (Lipinski definition) is 1. The molecule has 0 spiro atoms. The van der Waals surface area contributed by atoms with Gasteiger partial charge < -0.3 is 5.32 Å². The Hall–Kier alpha value is -2.30. The van der Waals surface area contributed by atoms with Crippen molar-refractivity contribution in [1.82, 2.24) is 15.2 Å². The van der Waals surface area contributed by atoms with Gasteiger partial charge in [0.25, 0.3) is 0 Å². The van der Waals surface area contributed by atoms with Crippen molar-refractivity contribution in [3.8, 4) is 0 Å². The summed E-state index contributed by atoms with van der Waals surface area (Å²) in [5.74, 6) is -0.191. The first-order valence-corrected chi connectivity index (χ1v) is 8.86. The van der Waals surface area contributed by atoms with E-state index >= 15 is 0 Å². The Kier molecular flexibility index (Phi) is 4.72. The van der Waals surface area contributed by atoms with E-state index in [9.17, 15) is 4.39 Å². The molecule has 4 heteroatoms. The lowest BCUT2D eigenvalue weighted by molar-refractivity contribution is 0.240. The van der Waals surface area contributed by atoms with E-state index in [4.69, 9.17) is 0 Å². The molecule has 0 bridgehead atoms. The number of rotatable bonds is 3. The molecule has 0 saturated carbocycles. The predicted octanol–water partition coefficient (Wildman–Crippen LogP) is 3.76. The molecule has 1 atom stereocenters. The fraction of sp³-hybridized carbons (Fsp3) is 0.286. The lowest BCUT2D eigenvalue weighted by Crippen LogP contribution is -2.33. The number of halogens is 1. The molecule has 1 aromatic heterocycles. The molecule has 1 aliphatic rings. The van der Waals surface area contributed by atoms with E-state index in [1.54, 1.807) is 12.1 Å². The highest BCUT2D eigenvalue weighted by Gasteiger charge is 2.24. The fourth-order valence-electron chi connectivity index (χ4n) is 3.65. The van der Waals surface area contributed by atoms with Crippen LogP contribution in [0.4, 0.5) is 4.39 Å². The van der Waals surface area contributed by atoms with Gasteiger partial charge in [-0.1, -0.05) is 30.3 Å². The average Bonchev–Trinajstić information content (AvgIpc) is 2.91. The van der Waals surface area contributed by atoms with Gasteiger partial charge in [0.1, 0.15) is 5.82 Å². The summed E-state index contributed by atoms with van der Waals surface area (Å²) < 4.78 is 13.9. The first-order valence-electron chi connectivity index (χ1n) is 8.86. The topological polar surface area (TPSA) is 28.2 Å². The molecule has 2 aromatic carbocycles. The van der Waals surface area contributed by atoms with E-state index in [0.717, 1.165) is 54.6 Å². The van der Waals surface area contributed by atoms with Crippen LogP contribution in [0.15, 0.2) is 60.8 Å². The van der Waals surface area contributed by atoms with E-state index in [1.807, 2.05) is 30.5 Å². The Morgan fingerprint density at radius 2 is 1.88 bits per heavy atom. The van der Waals surface area contributed by atoms with Crippen molar-refractivity contribution >= 4 is 10.9 Å². The quantitative estimate of drug-likeness (QED) is 0.790. The van der Waals surface area contributed by atoms with Crippen LogP contribution in [0.1, 0.15) is 23.6 Å². The number of benzene rings is 2. The van der Waals surface area contributed by atoms with Gasteiger partial charge in [0.05, 0.1) is 11.6 Å². The minimum absolute atomic E-state index is 0.0210. The van der Waals surface area contributed by atoms with Gasteiger partial charge in [-0.15, -0.1) is 0 Å². The number of nitrogens with zero attached hydrogens (tertiary/aromatic N) is 2. The zero-order valence-electron chi connectivity index (χ0n) is 14.2. The maximum Gasteiger partial charge on any atom is 0.123 e. The average molecular weight is 335 g/mol. The minimum atomic E-state index is -0.191. The summed E-state index contributed by atoms with van der Waals surface area (Å²) in [5.41, 5.74) is 3.09. The third-order valence-corrected chi connectivity index (χ3v) is 4.83. The van der Waals surface area contributed by atoms with Crippen molar-refractivity contribution in [2.24, 2.45) is 0 Å². The van der Waals surface area contributed by atoms with E-state index in [-0.39, 0.29) is 11.9 Å². The lowest BCUT2D eigenvalue weighted by Gasteiger charge is -2.31. The second-order valence-electron chi connectivity index (χ2n) is 6.56. The number of pyridine rings is 1. The number of fused-ring (bicyclic) bond motifs is 1. The van der Waals surface area contributed by atoms with Gasteiger partial charge in [0, 0.05) is 31.2 Å². The molecule has 2 heterocycles. The molecule has 0 amide bonds. The van der Waals surface area contributed by atoms with Crippen molar-refractivity contribution < 1.29 is 4.39 Å². The van der Waals surface area contributed by atoms with E-state index in [2.05, 4.69) is 27.3 Å². The third-order valence-electron chi connectivity index (χ3n) is 4.83. The van der Waals surface area contributed by atoms with E-state index < -0.39 is 0 Å². The molecular formula is C21H22FN3. The molecule has 1 aliphatic heterocycles. The zero-order valence-corrected chi connectivity index (χ0v) is 14.2. The number of aromatic nitrogens is 1. The molecule has 0 radical (unpaired) electrons. The standard InChI is InChI=1S/C21H22FN3/c22-19-7-3-6-17(14-19)21(25-11-4-9-23-10-12-25)18-13-16-5-1-2-8-20(16)24-15-18/h1-3,5-8,13-15,21,23H,4,9-12H2. The molecule has 4 rings (SSSR count). The van der Waals surface area contributed by atoms with Crippen molar-refractivity contribution in [2.45, 2.75) is 12.5 Å². The number of nitrogens with one attached hydrogen (secondary N) is 1. The Morgan fingerprint density at radius 1 is 0.960 bits per heavy atom. The SMILES string of the molecule is Fc1cccc(C(c2cnc3ccccc3c2)N2CCCNCC2)c1. The molecule has 1 unspecified atom stereocenters. The monoisotopic (exact) mass is 335 g/mol. The highest BCUT2D eigenvalue weighted by atomic mass is 19.1. The van der Waals surface area contributed by atoms with Crippen LogP contribution >= 0.6 is 0 Å². The van der Waals surface area contributed by atoms with E-state index in [0.29, 0.717) is 0 Å². The normalized spacial score (nSPS) is 17.3. The Morgan fingerprint density at radius 3 is 2.80 bits per heavy atom. The maximum absolute atomic E-state index is 13.9. The Bertz CT molecular complexity index is 856. The van der Waals surface area contributed by atoms with Crippen LogP contribution in [0.2, 0.25) is 0 Å². The number of hydrogen-bond acceptors (Lipinski definition) is 3. The first-order chi connectivity index (χ1) is 12.3.